The number of unbranched alkanes of at least 4 members (excludes halogenated alkanes) is 3. The van der Waals surface area contributed by atoms with Crippen molar-refractivity contribution in [3.8, 4) is 0 Å². The number of amides is 1. The van der Waals surface area contributed by atoms with E-state index in [1.54, 1.807) is 28.6 Å². The Morgan fingerprint density at radius 1 is 1.09 bits per heavy atom. The van der Waals surface area contributed by atoms with Gasteiger partial charge in [-0.3, -0.25) is 4.79 Å². The molecule has 0 saturated carbocycles. The number of sulfonamides is 1. The standard InChI is InChI=1S/C24H35N3O3S2/c1-3-4-5-9-16-26(2)21-14-17-27(18-15-21)32(29,30)23-13-12-22(31-23)19-25-24(28)20-10-7-6-8-11-20/h6-8,10-13,21H,3-5,9,14-19H2,1-2H3,(H,25,28). The summed E-state index contributed by atoms with van der Waals surface area (Å²) in [5.41, 5.74) is 0.593. The van der Waals surface area contributed by atoms with Gasteiger partial charge in [0.1, 0.15) is 4.21 Å². The molecule has 1 aliphatic heterocycles. The highest BCUT2D eigenvalue weighted by Gasteiger charge is 2.31. The maximum Gasteiger partial charge on any atom is 0.252 e. The van der Waals surface area contributed by atoms with E-state index < -0.39 is 10.0 Å². The summed E-state index contributed by atoms with van der Waals surface area (Å²) < 4.78 is 28.2. The molecule has 176 valence electrons. The second kappa shape index (κ2) is 11.9. The molecule has 2 heterocycles. The molecule has 0 aliphatic carbocycles. The summed E-state index contributed by atoms with van der Waals surface area (Å²) in [5, 5.41) is 2.86. The number of thiophene rings is 1. The maximum absolute atomic E-state index is 13.1. The van der Waals surface area contributed by atoms with E-state index in [-0.39, 0.29) is 5.91 Å². The zero-order chi connectivity index (χ0) is 23.0. The van der Waals surface area contributed by atoms with Gasteiger partial charge in [0.25, 0.3) is 15.9 Å². The Labute approximate surface area is 196 Å². The number of carbonyl (C=O) groups excluding carboxylic acids is 1. The van der Waals surface area contributed by atoms with Crippen molar-refractivity contribution in [1.29, 1.82) is 0 Å². The van der Waals surface area contributed by atoms with E-state index in [9.17, 15) is 13.2 Å². The van der Waals surface area contributed by atoms with Crippen LogP contribution in [0, 0.1) is 0 Å². The van der Waals surface area contributed by atoms with Crippen molar-refractivity contribution in [3.05, 3.63) is 52.9 Å². The first-order chi connectivity index (χ1) is 15.4. The molecule has 1 N–H and O–H groups in total. The maximum atomic E-state index is 13.1. The number of rotatable bonds is 11. The highest BCUT2D eigenvalue weighted by Crippen LogP contribution is 2.28. The summed E-state index contributed by atoms with van der Waals surface area (Å²) >= 11 is 1.24. The van der Waals surface area contributed by atoms with Crippen LogP contribution >= 0.6 is 11.3 Å². The highest BCUT2D eigenvalue weighted by molar-refractivity contribution is 7.91. The van der Waals surface area contributed by atoms with Crippen LogP contribution in [-0.4, -0.2) is 56.3 Å². The van der Waals surface area contributed by atoms with Gasteiger partial charge in [-0.15, -0.1) is 11.3 Å². The van der Waals surface area contributed by atoms with Gasteiger partial charge in [-0.2, -0.15) is 4.31 Å². The van der Waals surface area contributed by atoms with E-state index in [1.165, 1.54) is 37.0 Å². The van der Waals surface area contributed by atoms with Gasteiger partial charge >= 0.3 is 0 Å². The summed E-state index contributed by atoms with van der Waals surface area (Å²) in [5.74, 6) is -0.163. The molecular formula is C24H35N3O3S2. The summed E-state index contributed by atoms with van der Waals surface area (Å²) in [7, 11) is -1.32. The van der Waals surface area contributed by atoms with Gasteiger partial charge in [0.2, 0.25) is 0 Å². The Hall–Kier alpha value is -1.74. The number of nitrogens with zero attached hydrogens (tertiary/aromatic N) is 2. The summed E-state index contributed by atoms with van der Waals surface area (Å²) in [6.07, 6.45) is 6.74. The van der Waals surface area contributed by atoms with Crippen LogP contribution in [0.2, 0.25) is 0 Å². The van der Waals surface area contributed by atoms with Crippen molar-refractivity contribution in [2.75, 3.05) is 26.7 Å². The first-order valence-electron chi connectivity index (χ1n) is 11.5. The van der Waals surface area contributed by atoms with Crippen LogP contribution in [0.1, 0.15) is 60.7 Å². The Morgan fingerprint density at radius 3 is 2.50 bits per heavy atom. The molecule has 2 aromatic rings. The fourth-order valence-corrected chi connectivity index (χ4v) is 6.99. The summed E-state index contributed by atoms with van der Waals surface area (Å²) in [4.78, 5) is 15.4. The second-order valence-electron chi connectivity index (χ2n) is 8.45. The molecule has 0 atom stereocenters. The first kappa shape index (κ1) is 24.9. The molecular weight excluding hydrogens is 442 g/mol. The van der Waals surface area contributed by atoms with Crippen molar-refractivity contribution >= 4 is 27.3 Å². The number of hydrogen-bond donors (Lipinski definition) is 1. The fourth-order valence-electron chi connectivity index (χ4n) is 4.07. The van der Waals surface area contributed by atoms with Crippen molar-refractivity contribution in [2.45, 2.75) is 62.2 Å². The van der Waals surface area contributed by atoms with Crippen LogP contribution in [0.25, 0.3) is 0 Å². The van der Waals surface area contributed by atoms with Gasteiger partial charge in [-0.25, -0.2) is 8.42 Å². The molecule has 32 heavy (non-hydrogen) atoms. The minimum atomic E-state index is -3.48. The molecule has 1 saturated heterocycles. The molecule has 6 nitrogen and oxygen atoms in total. The van der Waals surface area contributed by atoms with E-state index in [0.29, 0.717) is 35.4 Å². The van der Waals surface area contributed by atoms with Gasteiger partial charge in [-0.1, -0.05) is 44.4 Å². The number of hydrogen-bond acceptors (Lipinski definition) is 5. The normalized spacial score (nSPS) is 15.8. The van der Waals surface area contributed by atoms with E-state index >= 15 is 0 Å². The van der Waals surface area contributed by atoms with Crippen LogP contribution in [-0.2, 0) is 16.6 Å². The monoisotopic (exact) mass is 477 g/mol. The third-order valence-corrected chi connectivity index (χ3v) is 9.55. The van der Waals surface area contributed by atoms with Crippen LogP contribution in [0.15, 0.2) is 46.7 Å². The number of nitrogens with one attached hydrogen (secondary N) is 1. The fraction of sp³-hybridized carbons (Fsp3) is 0.542. The summed E-state index contributed by atoms with van der Waals surface area (Å²) in [6, 6.07) is 12.9. The Kier molecular flexibility index (Phi) is 9.28. The molecule has 1 aromatic heterocycles. The molecule has 0 spiro atoms. The predicted molar refractivity (Wildman–Crippen MR) is 130 cm³/mol. The number of piperidine rings is 1. The molecule has 8 heteroatoms. The average molecular weight is 478 g/mol. The van der Waals surface area contributed by atoms with E-state index in [1.807, 2.05) is 18.2 Å². The quantitative estimate of drug-likeness (QED) is 0.489. The van der Waals surface area contributed by atoms with Gasteiger partial charge < -0.3 is 10.2 Å². The van der Waals surface area contributed by atoms with Crippen molar-refractivity contribution < 1.29 is 13.2 Å². The lowest BCUT2D eigenvalue weighted by Gasteiger charge is -2.36. The third-order valence-electron chi connectivity index (χ3n) is 6.10. The van der Waals surface area contributed by atoms with Gasteiger partial charge in [0, 0.05) is 29.6 Å². The molecule has 0 radical (unpaired) electrons. The molecule has 1 aliphatic rings. The molecule has 0 unspecified atom stereocenters. The first-order valence-corrected chi connectivity index (χ1v) is 13.8. The molecule has 1 fully saturated rings. The molecule has 3 rings (SSSR count). The SMILES string of the molecule is CCCCCCN(C)C1CCN(S(=O)(=O)c2ccc(CNC(=O)c3ccccc3)s2)CC1. The Bertz CT molecular complexity index is 952. The van der Waals surface area contributed by atoms with Crippen molar-refractivity contribution in [1.82, 2.24) is 14.5 Å². The van der Waals surface area contributed by atoms with Gasteiger partial charge in [-0.05, 0) is 57.1 Å². The Balaban J connectivity index is 1.50. The van der Waals surface area contributed by atoms with E-state index in [2.05, 4.69) is 24.2 Å². The predicted octanol–water partition coefficient (Wildman–Crippen LogP) is 4.34. The van der Waals surface area contributed by atoms with Crippen LogP contribution in [0.3, 0.4) is 0 Å². The smallest absolute Gasteiger partial charge is 0.252 e. The minimum absolute atomic E-state index is 0.163. The zero-order valence-electron chi connectivity index (χ0n) is 19.1. The minimum Gasteiger partial charge on any atom is -0.347 e. The third kappa shape index (κ3) is 6.63. The van der Waals surface area contributed by atoms with Crippen LogP contribution in [0.4, 0.5) is 0 Å². The molecule has 0 bridgehead atoms. The zero-order valence-corrected chi connectivity index (χ0v) is 20.8. The Morgan fingerprint density at radius 2 is 1.81 bits per heavy atom. The topological polar surface area (TPSA) is 69.7 Å². The molecule has 1 amide bonds. The van der Waals surface area contributed by atoms with Gasteiger partial charge in [0.15, 0.2) is 0 Å². The number of carbonyl (C=O) groups is 1. The average Bonchev–Trinajstić information content (AvgIpc) is 3.31. The largest absolute Gasteiger partial charge is 0.347 e. The van der Waals surface area contributed by atoms with Crippen LogP contribution in [0.5, 0.6) is 0 Å². The lowest BCUT2D eigenvalue weighted by Crippen LogP contribution is -2.45. The van der Waals surface area contributed by atoms with Crippen molar-refractivity contribution in [3.63, 3.8) is 0 Å². The summed E-state index contributed by atoms with van der Waals surface area (Å²) in [6.45, 7) is 4.74. The number of benzene rings is 1. The van der Waals surface area contributed by atoms with Gasteiger partial charge in [0.05, 0.1) is 6.54 Å². The van der Waals surface area contributed by atoms with E-state index in [4.69, 9.17) is 0 Å². The van der Waals surface area contributed by atoms with Crippen LogP contribution < -0.4 is 5.32 Å². The highest BCUT2D eigenvalue weighted by atomic mass is 32.2. The lowest BCUT2D eigenvalue weighted by atomic mass is 10.0. The van der Waals surface area contributed by atoms with E-state index in [0.717, 1.165) is 24.3 Å². The lowest BCUT2D eigenvalue weighted by molar-refractivity contribution is 0.0951. The van der Waals surface area contributed by atoms with Crippen molar-refractivity contribution in [2.24, 2.45) is 0 Å². The molecule has 1 aromatic carbocycles. The second-order valence-corrected chi connectivity index (χ2v) is 11.8.